The Balaban J connectivity index is 1.83. The highest BCUT2D eigenvalue weighted by Crippen LogP contribution is 2.29. The predicted octanol–water partition coefficient (Wildman–Crippen LogP) is 3.69. The van der Waals surface area contributed by atoms with Crippen LogP contribution in [0.25, 0.3) is 0 Å². The molecule has 3 aromatic rings. The van der Waals surface area contributed by atoms with E-state index in [9.17, 15) is 4.39 Å². The van der Waals surface area contributed by atoms with Gasteiger partial charge in [0, 0.05) is 5.69 Å². The van der Waals surface area contributed by atoms with Crippen LogP contribution in [0.5, 0.6) is 5.75 Å². The molecule has 24 heavy (non-hydrogen) atoms. The third-order valence-corrected chi connectivity index (χ3v) is 3.36. The summed E-state index contributed by atoms with van der Waals surface area (Å²) in [5.41, 5.74) is 7.46. The third-order valence-electron chi connectivity index (χ3n) is 3.36. The van der Waals surface area contributed by atoms with Crippen molar-refractivity contribution in [3.05, 3.63) is 60.7 Å². The van der Waals surface area contributed by atoms with Crippen LogP contribution < -0.4 is 21.1 Å². The summed E-state index contributed by atoms with van der Waals surface area (Å²) >= 11 is 0. The highest BCUT2D eigenvalue weighted by Gasteiger charge is 2.10. The second-order valence-electron chi connectivity index (χ2n) is 4.94. The normalized spacial score (nSPS) is 10.2. The van der Waals surface area contributed by atoms with Gasteiger partial charge in [0.15, 0.2) is 11.6 Å². The standard InChI is InChI=1S/C17H16FN5O/c1-24-12-8-6-11(7-9-12)22-16-15(19)17(21-10-20-16)23-14-5-3-2-4-13(14)18/h2-10H,19H2,1H3,(H2,20,21,22,23). The van der Waals surface area contributed by atoms with Gasteiger partial charge in [-0.25, -0.2) is 14.4 Å². The molecule has 0 aliphatic heterocycles. The summed E-state index contributed by atoms with van der Waals surface area (Å²) in [6.07, 6.45) is 1.35. The summed E-state index contributed by atoms with van der Waals surface area (Å²) < 4.78 is 18.9. The van der Waals surface area contributed by atoms with Crippen LogP contribution in [0.4, 0.5) is 33.1 Å². The molecule has 1 aromatic heterocycles. The molecule has 0 amide bonds. The fourth-order valence-electron chi connectivity index (χ4n) is 2.10. The SMILES string of the molecule is COc1ccc(Nc2ncnc(Nc3ccccc3F)c2N)cc1. The number of rotatable bonds is 5. The molecule has 1 heterocycles. The number of ether oxygens (including phenoxy) is 1. The molecule has 2 aromatic carbocycles. The lowest BCUT2D eigenvalue weighted by Crippen LogP contribution is -2.05. The molecule has 0 bridgehead atoms. The number of benzene rings is 2. The van der Waals surface area contributed by atoms with E-state index < -0.39 is 0 Å². The van der Waals surface area contributed by atoms with E-state index in [4.69, 9.17) is 10.5 Å². The molecule has 0 atom stereocenters. The van der Waals surface area contributed by atoms with E-state index >= 15 is 0 Å². The van der Waals surface area contributed by atoms with Crippen LogP contribution >= 0.6 is 0 Å². The van der Waals surface area contributed by atoms with Crippen molar-refractivity contribution in [2.45, 2.75) is 0 Å². The second-order valence-corrected chi connectivity index (χ2v) is 4.94. The van der Waals surface area contributed by atoms with Gasteiger partial charge in [0.2, 0.25) is 0 Å². The van der Waals surface area contributed by atoms with Gasteiger partial charge < -0.3 is 21.1 Å². The molecule has 0 radical (unpaired) electrons. The van der Waals surface area contributed by atoms with E-state index in [1.165, 1.54) is 12.4 Å². The van der Waals surface area contributed by atoms with E-state index in [0.29, 0.717) is 17.3 Å². The van der Waals surface area contributed by atoms with Gasteiger partial charge in [0.25, 0.3) is 0 Å². The molecule has 4 N–H and O–H groups in total. The summed E-state index contributed by atoms with van der Waals surface area (Å²) in [5, 5.41) is 5.97. The van der Waals surface area contributed by atoms with Gasteiger partial charge in [0.1, 0.15) is 23.6 Å². The van der Waals surface area contributed by atoms with Crippen molar-refractivity contribution in [3.63, 3.8) is 0 Å². The van der Waals surface area contributed by atoms with Crippen molar-refractivity contribution in [3.8, 4) is 5.75 Å². The smallest absolute Gasteiger partial charge is 0.159 e. The molecule has 0 unspecified atom stereocenters. The van der Waals surface area contributed by atoms with Crippen molar-refractivity contribution >= 4 is 28.7 Å². The zero-order chi connectivity index (χ0) is 16.9. The Labute approximate surface area is 138 Å². The van der Waals surface area contributed by atoms with Gasteiger partial charge in [-0.05, 0) is 36.4 Å². The number of nitrogens with zero attached hydrogens (tertiary/aromatic N) is 2. The quantitative estimate of drug-likeness (QED) is 0.663. The average Bonchev–Trinajstić information content (AvgIpc) is 2.61. The molecule has 0 spiro atoms. The Morgan fingerprint density at radius 1 is 0.958 bits per heavy atom. The number of nitrogens with two attached hydrogens (primary N) is 1. The van der Waals surface area contributed by atoms with E-state index in [2.05, 4.69) is 20.6 Å². The fourth-order valence-corrected chi connectivity index (χ4v) is 2.10. The predicted molar refractivity (Wildman–Crippen MR) is 92.4 cm³/mol. The van der Waals surface area contributed by atoms with Crippen molar-refractivity contribution in [1.29, 1.82) is 0 Å². The maximum atomic E-state index is 13.8. The molecular weight excluding hydrogens is 309 g/mol. The first kappa shape index (κ1) is 15.5. The molecule has 3 rings (SSSR count). The fraction of sp³-hybridized carbons (Fsp3) is 0.0588. The first-order chi connectivity index (χ1) is 11.7. The molecule has 0 saturated carbocycles. The number of methoxy groups -OCH3 is 1. The number of anilines is 5. The number of hydrogen-bond donors (Lipinski definition) is 3. The Bertz CT molecular complexity index is 839. The van der Waals surface area contributed by atoms with Crippen molar-refractivity contribution in [2.75, 3.05) is 23.5 Å². The number of aromatic nitrogens is 2. The molecule has 7 heteroatoms. The average molecular weight is 325 g/mol. The van der Waals surface area contributed by atoms with E-state index in [1.54, 1.807) is 25.3 Å². The highest BCUT2D eigenvalue weighted by molar-refractivity contribution is 5.80. The number of halogens is 1. The monoisotopic (exact) mass is 325 g/mol. The highest BCUT2D eigenvalue weighted by atomic mass is 19.1. The van der Waals surface area contributed by atoms with Gasteiger partial charge in [0.05, 0.1) is 12.8 Å². The van der Waals surface area contributed by atoms with Crippen molar-refractivity contribution in [1.82, 2.24) is 9.97 Å². The maximum absolute atomic E-state index is 13.8. The summed E-state index contributed by atoms with van der Waals surface area (Å²) in [6.45, 7) is 0. The Morgan fingerprint density at radius 2 is 1.62 bits per heavy atom. The number of para-hydroxylation sites is 1. The van der Waals surface area contributed by atoms with Crippen molar-refractivity contribution in [2.24, 2.45) is 0 Å². The zero-order valence-corrected chi connectivity index (χ0v) is 13.0. The minimum Gasteiger partial charge on any atom is -0.497 e. The molecule has 0 saturated heterocycles. The number of hydrogen-bond acceptors (Lipinski definition) is 6. The number of nitrogens with one attached hydrogen (secondary N) is 2. The Hall–Kier alpha value is -3.35. The van der Waals surface area contributed by atoms with Gasteiger partial charge in [-0.15, -0.1) is 0 Å². The van der Waals surface area contributed by atoms with Gasteiger partial charge in [-0.1, -0.05) is 12.1 Å². The van der Waals surface area contributed by atoms with Gasteiger partial charge in [-0.2, -0.15) is 0 Å². The lowest BCUT2D eigenvalue weighted by molar-refractivity contribution is 0.415. The van der Waals surface area contributed by atoms with Crippen LogP contribution in [0.2, 0.25) is 0 Å². The van der Waals surface area contributed by atoms with Crippen LogP contribution in [0.15, 0.2) is 54.9 Å². The minimum absolute atomic E-state index is 0.288. The van der Waals surface area contributed by atoms with Crippen LogP contribution in [-0.4, -0.2) is 17.1 Å². The Kier molecular flexibility index (Phi) is 4.42. The largest absolute Gasteiger partial charge is 0.497 e. The van der Waals surface area contributed by atoms with Gasteiger partial charge in [-0.3, -0.25) is 0 Å². The summed E-state index contributed by atoms with van der Waals surface area (Å²) in [5.74, 6) is 1.11. The first-order valence-electron chi connectivity index (χ1n) is 7.20. The van der Waals surface area contributed by atoms with E-state index in [-0.39, 0.29) is 11.5 Å². The molecule has 0 aliphatic carbocycles. The minimum atomic E-state index is -0.389. The lowest BCUT2D eigenvalue weighted by atomic mass is 10.3. The number of nitrogen functional groups attached to an aromatic ring is 1. The molecule has 122 valence electrons. The van der Waals surface area contributed by atoms with Crippen LogP contribution in [0.3, 0.4) is 0 Å². The second kappa shape index (κ2) is 6.82. The molecule has 6 nitrogen and oxygen atoms in total. The van der Waals surface area contributed by atoms with Crippen LogP contribution in [0, 0.1) is 5.82 Å². The van der Waals surface area contributed by atoms with Crippen molar-refractivity contribution < 1.29 is 9.13 Å². The van der Waals surface area contributed by atoms with Crippen LogP contribution in [0.1, 0.15) is 0 Å². The van der Waals surface area contributed by atoms with Gasteiger partial charge >= 0.3 is 0 Å². The van der Waals surface area contributed by atoms with E-state index in [1.807, 2.05) is 24.3 Å². The third kappa shape index (κ3) is 3.35. The van der Waals surface area contributed by atoms with Crippen LogP contribution in [-0.2, 0) is 0 Å². The lowest BCUT2D eigenvalue weighted by Gasteiger charge is -2.13. The molecule has 0 aliphatic rings. The summed E-state index contributed by atoms with van der Waals surface area (Å²) in [6, 6.07) is 13.6. The summed E-state index contributed by atoms with van der Waals surface area (Å²) in [7, 11) is 1.60. The first-order valence-corrected chi connectivity index (χ1v) is 7.20. The van der Waals surface area contributed by atoms with E-state index in [0.717, 1.165) is 11.4 Å². The molecule has 0 fully saturated rings. The maximum Gasteiger partial charge on any atom is 0.159 e. The topological polar surface area (TPSA) is 85.1 Å². The zero-order valence-electron chi connectivity index (χ0n) is 13.0. The molecular formula is C17H16FN5O. The summed E-state index contributed by atoms with van der Waals surface area (Å²) in [4.78, 5) is 8.20. The Morgan fingerprint density at radius 3 is 2.29 bits per heavy atom.